The summed E-state index contributed by atoms with van der Waals surface area (Å²) in [7, 11) is 0. The van der Waals surface area contributed by atoms with Crippen molar-refractivity contribution in [2.75, 3.05) is 26.2 Å². The number of nitrogens with one attached hydrogen (secondary N) is 1. The van der Waals surface area contributed by atoms with Crippen LogP contribution in [0.15, 0.2) is 12.3 Å². The van der Waals surface area contributed by atoms with Crippen LogP contribution in [0, 0.1) is 5.82 Å². The highest BCUT2D eigenvalue weighted by Crippen LogP contribution is 2.22. The van der Waals surface area contributed by atoms with Crippen LogP contribution in [0.1, 0.15) is 23.2 Å². The Morgan fingerprint density at radius 1 is 1.62 bits per heavy atom. The van der Waals surface area contributed by atoms with Gasteiger partial charge in [0.15, 0.2) is 0 Å². The van der Waals surface area contributed by atoms with E-state index in [1.165, 1.54) is 12.8 Å². The molecule has 7 heteroatoms. The van der Waals surface area contributed by atoms with Gasteiger partial charge in [0.05, 0.1) is 24.5 Å². The van der Waals surface area contributed by atoms with Gasteiger partial charge in [-0.15, -0.1) is 0 Å². The van der Waals surface area contributed by atoms with Gasteiger partial charge in [-0.3, -0.25) is 9.69 Å². The normalized spacial score (nSPS) is 25.6. The van der Waals surface area contributed by atoms with E-state index in [0.717, 1.165) is 25.4 Å². The molecule has 1 N–H and O–H groups in total. The number of nitrogens with zero attached hydrogens (tertiary/aromatic N) is 2. The van der Waals surface area contributed by atoms with E-state index >= 15 is 0 Å². The second kappa shape index (κ2) is 6.25. The molecule has 2 saturated heterocycles. The van der Waals surface area contributed by atoms with Crippen molar-refractivity contribution in [1.29, 1.82) is 0 Å². The van der Waals surface area contributed by atoms with Crippen molar-refractivity contribution in [3.05, 3.63) is 28.8 Å². The fraction of sp³-hybridized carbons (Fsp3) is 0.571. The maximum absolute atomic E-state index is 13.1. The molecule has 2 fully saturated rings. The van der Waals surface area contributed by atoms with Crippen LogP contribution in [0.4, 0.5) is 4.39 Å². The Balaban J connectivity index is 1.55. The number of amides is 1. The molecular formula is C14H17ClFN3O2. The molecule has 2 aliphatic rings. The average molecular weight is 314 g/mol. The van der Waals surface area contributed by atoms with Gasteiger partial charge in [-0.2, -0.15) is 0 Å². The Labute approximate surface area is 127 Å². The van der Waals surface area contributed by atoms with Crippen LogP contribution in [-0.2, 0) is 4.74 Å². The predicted molar refractivity (Wildman–Crippen MR) is 75.9 cm³/mol. The summed E-state index contributed by atoms with van der Waals surface area (Å²) in [5.41, 5.74) is 0.0477. The Bertz CT molecular complexity index is 543. The molecule has 5 nitrogen and oxygen atoms in total. The van der Waals surface area contributed by atoms with Crippen LogP contribution in [0.25, 0.3) is 0 Å². The highest BCUT2D eigenvalue weighted by Gasteiger charge is 2.32. The van der Waals surface area contributed by atoms with Gasteiger partial charge >= 0.3 is 0 Å². The number of aromatic nitrogens is 1. The van der Waals surface area contributed by atoms with E-state index in [0.29, 0.717) is 19.2 Å². The van der Waals surface area contributed by atoms with Crippen LogP contribution in [0.3, 0.4) is 0 Å². The van der Waals surface area contributed by atoms with E-state index in [4.69, 9.17) is 16.3 Å². The summed E-state index contributed by atoms with van der Waals surface area (Å²) in [5.74, 6) is -1.02. The molecule has 0 saturated carbocycles. The second-order valence-electron chi connectivity index (χ2n) is 5.45. The molecule has 3 heterocycles. The summed E-state index contributed by atoms with van der Waals surface area (Å²) in [5, 5.41) is 2.73. The van der Waals surface area contributed by atoms with E-state index in [2.05, 4.69) is 15.2 Å². The lowest BCUT2D eigenvalue weighted by atomic mass is 10.2. The van der Waals surface area contributed by atoms with Crippen molar-refractivity contribution in [3.8, 4) is 0 Å². The highest BCUT2D eigenvalue weighted by atomic mass is 35.5. The molecule has 3 rings (SSSR count). The third-order valence-electron chi connectivity index (χ3n) is 4.00. The highest BCUT2D eigenvalue weighted by molar-refractivity contribution is 6.32. The molecule has 0 spiro atoms. The number of pyridine rings is 1. The summed E-state index contributed by atoms with van der Waals surface area (Å²) in [6.45, 7) is 3.01. The maximum Gasteiger partial charge on any atom is 0.254 e. The number of hydrogen-bond donors (Lipinski definition) is 1. The van der Waals surface area contributed by atoms with Crippen LogP contribution < -0.4 is 5.32 Å². The van der Waals surface area contributed by atoms with Crippen molar-refractivity contribution >= 4 is 17.5 Å². The fourth-order valence-corrected chi connectivity index (χ4v) is 3.08. The van der Waals surface area contributed by atoms with E-state index < -0.39 is 11.7 Å². The third-order valence-corrected chi connectivity index (χ3v) is 4.30. The zero-order chi connectivity index (χ0) is 14.8. The van der Waals surface area contributed by atoms with Crippen LogP contribution in [0.5, 0.6) is 0 Å². The summed E-state index contributed by atoms with van der Waals surface area (Å²) in [4.78, 5) is 18.0. The molecule has 1 amide bonds. The van der Waals surface area contributed by atoms with E-state index in [9.17, 15) is 9.18 Å². The zero-order valence-corrected chi connectivity index (χ0v) is 12.3. The van der Waals surface area contributed by atoms with Crippen molar-refractivity contribution in [2.24, 2.45) is 0 Å². The molecule has 114 valence electrons. The SMILES string of the molecule is O=C(NCC1CN2CCCC2CO1)c1cc(F)cnc1Cl. The molecule has 21 heavy (non-hydrogen) atoms. The monoisotopic (exact) mass is 313 g/mol. The Hall–Kier alpha value is -1.24. The molecule has 2 aliphatic heterocycles. The van der Waals surface area contributed by atoms with E-state index in [-0.39, 0.29) is 16.8 Å². The molecule has 1 aromatic heterocycles. The van der Waals surface area contributed by atoms with Gasteiger partial charge in [-0.1, -0.05) is 11.6 Å². The minimum absolute atomic E-state index is 0.00179. The number of hydrogen-bond acceptors (Lipinski definition) is 4. The second-order valence-corrected chi connectivity index (χ2v) is 5.81. The zero-order valence-electron chi connectivity index (χ0n) is 11.5. The molecule has 0 bridgehead atoms. The van der Waals surface area contributed by atoms with Gasteiger partial charge in [0.25, 0.3) is 5.91 Å². The average Bonchev–Trinajstić information content (AvgIpc) is 2.94. The number of halogens is 2. The quantitative estimate of drug-likeness (QED) is 0.859. The first-order valence-electron chi connectivity index (χ1n) is 7.08. The van der Waals surface area contributed by atoms with E-state index in [1.54, 1.807) is 0 Å². The molecule has 2 unspecified atom stereocenters. The lowest BCUT2D eigenvalue weighted by Gasteiger charge is -2.35. The van der Waals surface area contributed by atoms with Crippen molar-refractivity contribution in [2.45, 2.75) is 25.0 Å². The Morgan fingerprint density at radius 3 is 3.33 bits per heavy atom. The smallest absolute Gasteiger partial charge is 0.254 e. The lowest BCUT2D eigenvalue weighted by molar-refractivity contribution is -0.0461. The topological polar surface area (TPSA) is 54.5 Å². The first kappa shape index (κ1) is 14.7. The standard InChI is InChI=1S/C14H17ClFN3O2/c15-13-12(4-9(16)5-17-13)14(20)18-6-11-7-19-3-1-2-10(19)8-21-11/h4-5,10-11H,1-3,6-8H2,(H,18,20). The number of carbonyl (C=O) groups excluding carboxylic acids is 1. The Morgan fingerprint density at radius 2 is 2.48 bits per heavy atom. The molecule has 1 aromatic rings. The van der Waals surface area contributed by atoms with Gasteiger partial charge in [-0.25, -0.2) is 9.37 Å². The van der Waals surface area contributed by atoms with Gasteiger partial charge < -0.3 is 10.1 Å². The fourth-order valence-electron chi connectivity index (χ4n) is 2.89. The maximum atomic E-state index is 13.1. The Kier molecular flexibility index (Phi) is 4.37. The minimum Gasteiger partial charge on any atom is -0.373 e. The summed E-state index contributed by atoms with van der Waals surface area (Å²) in [6.07, 6.45) is 3.33. The first-order valence-corrected chi connectivity index (χ1v) is 7.46. The molecule has 0 aromatic carbocycles. The molecule has 2 atom stereocenters. The molecule has 0 radical (unpaired) electrons. The van der Waals surface area contributed by atoms with Gasteiger partial charge in [0.2, 0.25) is 0 Å². The summed E-state index contributed by atoms with van der Waals surface area (Å²) in [6, 6.07) is 1.61. The van der Waals surface area contributed by atoms with Gasteiger partial charge in [0.1, 0.15) is 11.0 Å². The number of fused-ring (bicyclic) bond motifs is 1. The van der Waals surface area contributed by atoms with Crippen molar-refractivity contribution in [3.63, 3.8) is 0 Å². The summed E-state index contributed by atoms with van der Waals surface area (Å²) >= 11 is 5.81. The minimum atomic E-state index is -0.585. The van der Waals surface area contributed by atoms with Crippen LogP contribution >= 0.6 is 11.6 Å². The van der Waals surface area contributed by atoms with Crippen molar-refractivity contribution < 1.29 is 13.9 Å². The van der Waals surface area contributed by atoms with Crippen LogP contribution in [0.2, 0.25) is 5.15 Å². The number of morpholine rings is 1. The van der Waals surface area contributed by atoms with E-state index in [1.807, 2.05) is 0 Å². The number of carbonyl (C=O) groups is 1. The largest absolute Gasteiger partial charge is 0.373 e. The molecular weight excluding hydrogens is 297 g/mol. The third kappa shape index (κ3) is 3.33. The van der Waals surface area contributed by atoms with Crippen molar-refractivity contribution in [1.82, 2.24) is 15.2 Å². The first-order chi connectivity index (χ1) is 10.1. The summed E-state index contributed by atoms with van der Waals surface area (Å²) < 4.78 is 18.9. The van der Waals surface area contributed by atoms with Gasteiger partial charge in [0, 0.05) is 19.1 Å². The lowest BCUT2D eigenvalue weighted by Crippen LogP contribution is -2.50. The number of rotatable bonds is 3. The van der Waals surface area contributed by atoms with Crippen LogP contribution in [-0.4, -0.2) is 54.2 Å². The predicted octanol–water partition coefficient (Wildman–Crippen LogP) is 1.47. The number of ether oxygens (including phenoxy) is 1. The molecule has 0 aliphatic carbocycles. The van der Waals surface area contributed by atoms with Gasteiger partial charge in [-0.05, 0) is 25.5 Å².